The van der Waals surface area contributed by atoms with Crippen LogP contribution in [0.25, 0.3) is 0 Å². The molecule has 0 unspecified atom stereocenters. The van der Waals surface area contributed by atoms with Gasteiger partial charge in [0, 0.05) is 5.02 Å². The molecule has 3 N–H and O–H groups in total. The van der Waals surface area contributed by atoms with Crippen molar-refractivity contribution in [3.8, 4) is 5.75 Å². The first-order chi connectivity index (χ1) is 8.79. The molecule has 1 aromatic carbocycles. The minimum absolute atomic E-state index is 0.792. The first-order valence-electron chi connectivity index (χ1n) is 6.86. The molecule has 0 saturated carbocycles. The second-order valence-corrected chi connectivity index (χ2v) is 5.23. The van der Waals surface area contributed by atoms with E-state index in [0.29, 0.717) is 0 Å². The van der Waals surface area contributed by atoms with Gasteiger partial charge >= 0.3 is 0 Å². The number of rotatable bonds is 5. The molecule has 4 heteroatoms. The molecule has 0 aliphatic carbocycles. The number of hydrogen-bond donors (Lipinski definition) is 2. The van der Waals surface area contributed by atoms with Crippen LogP contribution in [-0.4, -0.2) is 39.3 Å². The Morgan fingerprint density at radius 2 is 2.11 bits per heavy atom. The Morgan fingerprint density at radius 1 is 1.33 bits per heavy atom. The van der Waals surface area contributed by atoms with E-state index in [2.05, 4.69) is 18.3 Å². The smallest absolute Gasteiger partial charge is 0.137 e. The summed E-state index contributed by atoms with van der Waals surface area (Å²) in [7, 11) is 0. The van der Waals surface area contributed by atoms with Gasteiger partial charge in [0.05, 0.1) is 0 Å². The summed E-state index contributed by atoms with van der Waals surface area (Å²) in [5.41, 5.74) is 1.16. The highest BCUT2D eigenvalue weighted by Crippen LogP contribution is 2.22. The summed E-state index contributed by atoms with van der Waals surface area (Å²) < 4.78 is 5.82. The third kappa shape index (κ3) is 3.87. The number of nitrogens with one attached hydrogen (secondary N) is 1. The number of hydrogen-bond acceptors (Lipinski definition) is 1. The SMILES string of the molecule is CCc1cc(OCC[NH+]2CC[NH2+]CC2)ccc1Cl. The van der Waals surface area contributed by atoms with Crippen molar-refractivity contribution >= 4 is 11.6 Å². The number of piperazine rings is 1. The summed E-state index contributed by atoms with van der Waals surface area (Å²) in [6, 6.07) is 5.95. The van der Waals surface area contributed by atoms with Crippen molar-refractivity contribution in [3.63, 3.8) is 0 Å². The summed E-state index contributed by atoms with van der Waals surface area (Å²) in [6.07, 6.45) is 0.948. The van der Waals surface area contributed by atoms with Crippen LogP contribution in [-0.2, 0) is 6.42 Å². The number of benzene rings is 1. The lowest BCUT2D eigenvalue weighted by molar-refractivity contribution is -0.946. The third-order valence-electron chi connectivity index (χ3n) is 3.53. The molecule has 3 nitrogen and oxygen atoms in total. The Hall–Kier alpha value is -0.770. The Kier molecular flexibility index (Phi) is 5.29. The van der Waals surface area contributed by atoms with Crippen LogP contribution in [0.5, 0.6) is 5.75 Å². The van der Waals surface area contributed by atoms with E-state index in [1.165, 1.54) is 26.2 Å². The van der Waals surface area contributed by atoms with Crippen molar-refractivity contribution in [2.24, 2.45) is 0 Å². The second-order valence-electron chi connectivity index (χ2n) is 4.82. The molecule has 1 fully saturated rings. The standard InChI is InChI=1S/C14H21ClN2O/c1-2-12-11-13(3-4-14(12)15)18-10-9-17-7-5-16-6-8-17/h3-4,11,16H,2,5-10H2,1H3/p+2. The van der Waals surface area contributed by atoms with Crippen LogP contribution in [0, 0.1) is 0 Å². The lowest BCUT2D eigenvalue weighted by Gasteiger charge is -2.22. The zero-order valence-electron chi connectivity index (χ0n) is 11.0. The van der Waals surface area contributed by atoms with Crippen LogP contribution in [0.4, 0.5) is 0 Å². The minimum Gasteiger partial charge on any atom is -0.488 e. The zero-order valence-corrected chi connectivity index (χ0v) is 11.8. The molecule has 1 aliphatic heterocycles. The van der Waals surface area contributed by atoms with Gasteiger partial charge in [-0.2, -0.15) is 0 Å². The fourth-order valence-corrected chi connectivity index (χ4v) is 2.61. The highest BCUT2D eigenvalue weighted by Gasteiger charge is 2.14. The number of nitrogens with two attached hydrogens (primary N) is 1. The largest absolute Gasteiger partial charge is 0.488 e. The quantitative estimate of drug-likeness (QED) is 0.759. The molecule has 2 rings (SSSR count). The van der Waals surface area contributed by atoms with E-state index >= 15 is 0 Å². The molecular weight excluding hydrogens is 248 g/mol. The Bertz CT molecular complexity index is 378. The van der Waals surface area contributed by atoms with Gasteiger partial charge in [-0.15, -0.1) is 0 Å². The topological polar surface area (TPSA) is 30.3 Å². The Labute approximate surface area is 114 Å². The van der Waals surface area contributed by atoms with Crippen molar-refractivity contribution in [1.29, 1.82) is 0 Å². The van der Waals surface area contributed by atoms with Gasteiger partial charge in [-0.1, -0.05) is 18.5 Å². The van der Waals surface area contributed by atoms with Crippen molar-refractivity contribution in [1.82, 2.24) is 0 Å². The number of quaternary nitrogens is 2. The minimum atomic E-state index is 0.792. The van der Waals surface area contributed by atoms with E-state index in [4.69, 9.17) is 16.3 Å². The van der Waals surface area contributed by atoms with Gasteiger partial charge in [0.25, 0.3) is 0 Å². The average Bonchev–Trinajstić information content (AvgIpc) is 2.42. The van der Waals surface area contributed by atoms with E-state index in [-0.39, 0.29) is 0 Å². The number of ether oxygens (including phenoxy) is 1. The number of aryl methyl sites for hydroxylation is 1. The summed E-state index contributed by atoms with van der Waals surface area (Å²) in [5.74, 6) is 0.944. The molecule has 1 heterocycles. The summed E-state index contributed by atoms with van der Waals surface area (Å²) >= 11 is 6.09. The summed E-state index contributed by atoms with van der Waals surface area (Å²) in [4.78, 5) is 1.65. The van der Waals surface area contributed by atoms with E-state index in [0.717, 1.165) is 35.9 Å². The van der Waals surface area contributed by atoms with Gasteiger partial charge < -0.3 is 15.0 Å². The Balaban J connectivity index is 1.79. The highest BCUT2D eigenvalue weighted by molar-refractivity contribution is 6.31. The van der Waals surface area contributed by atoms with E-state index < -0.39 is 0 Å². The van der Waals surface area contributed by atoms with Crippen LogP contribution in [0.3, 0.4) is 0 Å². The highest BCUT2D eigenvalue weighted by atomic mass is 35.5. The molecular formula is C14H23ClN2O+2. The molecule has 100 valence electrons. The lowest BCUT2D eigenvalue weighted by atomic mass is 10.1. The van der Waals surface area contributed by atoms with Crippen molar-refractivity contribution in [2.75, 3.05) is 39.3 Å². The van der Waals surface area contributed by atoms with Gasteiger partial charge in [-0.05, 0) is 30.2 Å². The lowest BCUT2D eigenvalue weighted by Crippen LogP contribution is -3.20. The first kappa shape index (κ1) is 13.7. The maximum Gasteiger partial charge on any atom is 0.137 e. The third-order valence-corrected chi connectivity index (χ3v) is 3.90. The average molecular weight is 271 g/mol. The predicted molar refractivity (Wildman–Crippen MR) is 73.5 cm³/mol. The molecule has 1 aromatic rings. The molecule has 0 bridgehead atoms. The zero-order chi connectivity index (χ0) is 12.8. The van der Waals surface area contributed by atoms with Crippen LogP contribution in [0.15, 0.2) is 18.2 Å². The fraction of sp³-hybridized carbons (Fsp3) is 0.571. The van der Waals surface area contributed by atoms with Crippen LogP contribution >= 0.6 is 11.6 Å². The molecule has 1 saturated heterocycles. The second kappa shape index (κ2) is 6.98. The van der Waals surface area contributed by atoms with E-state index in [1.54, 1.807) is 4.90 Å². The normalized spacial score (nSPS) is 16.8. The first-order valence-corrected chi connectivity index (χ1v) is 7.24. The van der Waals surface area contributed by atoms with Gasteiger partial charge in [0.1, 0.15) is 45.1 Å². The van der Waals surface area contributed by atoms with Crippen LogP contribution in [0.1, 0.15) is 12.5 Å². The predicted octanol–water partition coefficient (Wildman–Crippen LogP) is -0.257. The van der Waals surface area contributed by atoms with Crippen LogP contribution in [0.2, 0.25) is 5.02 Å². The maximum absolute atomic E-state index is 6.09. The maximum atomic E-state index is 6.09. The summed E-state index contributed by atoms with van der Waals surface area (Å²) in [5, 5.41) is 3.22. The molecule has 0 spiro atoms. The molecule has 18 heavy (non-hydrogen) atoms. The fourth-order valence-electron chi connectivity index (χ4n) is 2.36. The van der Waals surface area contributed by atoms with Gasteiger partial charge in [-0.25, -0.2) is 0 Å². The number of halogens is 1. The van der Waals surface area contributed by atoms with Crippen molar-refractivity contribution in [2.45, 2.75) is 13.3 Å². The summed E-state index contributed by atoms with van der Waals surface area (Å²) in [6.45, 7) is 9.00. The van der Waals surface area contributed by atoms with E-state index in [9.17, 15) is 0 Å². The molecule has 0 aromatic heterocycles. The monoisotopic (exact) mass is 270 g/mol. The van der Waals surface area contributed by atoms with Crippen LogP contribution < -0.4 is 15.0 Å². The van der Waals surface area contributed by atoms with Crippen molar-refractivity contribution < 1.29 is 15.0 Å². The van der Waals surface area contributed by atoms with Crippen molar-refractivity contribution in [3.05, 3.63) is 28.8 Å². The van der Waals surface area contributed by atoms with Gasteiger partial charge in [0.2, 0.25) is 0 Å². The molecule has 0 radical (unpaired) electrons. The van der Waals surface area contributed by atoms with Gasteiger partial charge in [-0.3, -0.25) is 0 Å². The molecule has 1 aliphatic rings. The molecule has 0 amide bonds. The molecule has 0 atom stereocenters. The van der Waals surface area contributed by atoms with E-state index in [1.807, 2.05) is 12.1 Å². The van der Waals surface area contributed by atoms with Gasteiger partial charge in [0.15, 0.2) is 0 Å². The Morgan fingerprint density at radius 3 is 2.83 bits per heavy atom.